The summed E-state index contributed by atoms with van der Waals surface area (Å²) < 4.78 is 0. The van der Waals surface area contributed by atoms with E-state index in [2.05, 4.69) is 9.97 Å². The van der Waals surface area contributed by atoms with Crippen molar-refractivity contribution in [1.82, 2.24) is 15.0 Å². The average molecular weight is 338 g/mol. The molecule has 0 aliphatic carbocycles. The van der Waals surface area contributed by atoms with Crippen molar-refractivity contribution in [2.45, 2.75) is 6.92 Å². The molecule has 0 spiro atoms. The summed E-state index contributed by atoms with van der Waals surface area (Å²) in [5, 5.41) is 3.72. The number of hydrogen-bond acceptors (Lipinski definition) is 4. The molecule has 4 rings (SSSR count). The van der Waals surface area contributed by atoms with E-state index in [1.807, 2.05) is 60.8 Å². The Morgan fingerprint density at radius 2 is 1.78 bits per heavy atom. The SMILES string of the molecule is Cc1cccc(-c2nc(-c3ccccc3Cl)c3ccsc3n2)n1. The summed E-state index contributed by atoms with van der Waals surface area (Å²) >= 11 is 7.97. The van der Waals surface area contributed by atoms with Crippen LogP contribution in [0.1, 0.15) is 5.69 Å². The van der Waals surface area contributed by atoms with Gasteiger partial charge in [0.05, 0.1) is 5.69 Å². The van der Waals surface area contributed by atoms with Gasteiger partial charge in [0.2, 0.25) is 0 Å². The Balaban J connectivity index is 2.01. The van der Waals surface area contributed by atoms with Crippen LogP contribution >= 0.6 is 22.9 Å². The highest BCUT2D eigenvalue weighted by atomic mass is 35.5. The fourth-order valence-corrected chi connectivity index (χ4v) is 3.49. The first kappa shape index (κ1) is 14.3. The topological polar surface area (TPSA) is 38.7 Å². The molecular formula is C18H12ClN3S. The van der Waals surface area contributed by atoms with Gasteiger partial charge < -0.3 is 0 Å². The molecule has 0 bridgehead atoms. The minimum atomic E-state index is 0.624. The lowest BCUT2D eigenvalue weighted by atomic mass is 10.1. The van der Waals surface area contributed by atoms with E-state index in [0.29, 0.717) is 10.8 Å². The lowest BCUT2D eigenvalue weighted by Gasteiger charge is -2.08. The average Bonchev–Trinajstić information content (AvgIpc) is 3.03. The minimum absolute atomic E-state index is 0.624. The van der Waals surface area contributed by atoms with Crippen LogP contribution < -0.4 is 0 Å². The van der Waals surface area contributed by atoms with Gasteiger partial charge in [-0.05, 0) is 36.6 Å². The lowest BCUT2D eigenvalue weighted by molar-refractivity contribution is 1.14. The smallest absolute Gasteiger partial charge is 0.180 e. The Morgan fingerprint density at radius 3 is 2.61 bits per heavy atom. The van der Waals surface area contributed by atoms with Crippen molar-refractivity contribution in [2.24, 2.45) is 0 Å². The van der Waals surface area contributed by atoms with Crippen LogP contribution in [0.25, 0.3) is 33.0 Å². The van der Waals surface area contributed by atoms with Crippen LogP contribution in [0, 0.1) is 6.92 Å². The summed E-state index contributed by atoms with van der Waals surface area (Å²) in [5.74, 6) is 0.624. The first-order valence-corrected chi connectivity index (χ1v) is 8.42. The summed E-state index contributed by atoms with van der Waals surface area (Å²) in [6.45, 7) is 1.96. The molecule has 0 saturated heterocycles. The van der Waals surface area contributed by atoms with E-state index in [4.69, 9.17) is 16.6 Å². The highest BCUT2D eigenvalue weighted by Gasteiger charge is 2.14. The van der Waals surface area contributed by atoms with Crippen molar-refractivity contribution in [3.63, 3.8) is 0 Å². The van der Waals surface area contributed by atoms with Crippen molar-refractivity contribution in [1.29, 1.82) is 0 Å². The summed E-state index contributed by atoms with van der Waals surface area (Å²) in [5.41, 5.74) is 3.47. The number of aromatic nitrogens is 3. The zero-order valence-corrected chi connectivity index (χ0v) is 13.9. The molecule has 0 amide bonds. The third kappa shape index (κ3) is 2.60. The molecule has 0 fully saturated rings. The molecule has 0 atom stereocenters. The molecule has 1 aromatic carbocycles. The maximum Gasteiger partial charge on any atom is 0.180 e. The van der Waals surface area contributed by atoms with Crippen molar-refractivity contribution < 1.29 is 0 Å². The Morgan fingerprint density at radius 1 is 0.913 bits per heavy atom. The van der Waals surface area contributed by atoms with E-state index in [1.165, 1.54) is 0 Å². The monoisotopic (exact) mass is 337 g/mol. The van der Waals surface area contributed by atoms with Gasteiger partial charge in [0.25, 0.3) is 0 Å². The van der Waals surface area contributed by atoms with E-state index >= 15 is 0 Å². The molecule has 23 heavy (non-hydrogen) atoms. The van der Waals surface area contributed by atoms with Crippen molar-refractivity contribution in [3.8, 4) is 22.8 Å². The number of benzene rings is 1. The van der Waals surface area contributed by atoms with Gasteiger partial charge >= 0.3 is 0 Å². The standard InChI is InChI=1S/C18H12ClN3S/c1-11-5-4-8-15(20-11)17-21-16(12-6-2-3-7-14(12)19)13-9-10-23-18(13)22-17/h2-10H,1H3. The minimum Gasteiger partial charge on any atom is -0.250 e. The first-order chi connectivity index (χ1) is 11.2. The van der Waals surface area contributed by atoms with Crippen LogP contribution in [-0.2, 0) is 0 Å². The second-order valence-corrected chi connectivity index (χ2v) is 6.48. The fraction of sp³-hybridized carbons (Fsp3) is 0.0556. The van der Waals surface area contributed by atoms with Gasteiger partial charge in [0.1, 0.15) is 10.5 Å². The normalized spacial score (nSPS) is 11.0. The van der Waals surface area contributed by atoms with Gasteiger partial charge in [-0.1, -0.05) is 35.9 Å². The predicted molar refractivity (Wildman–Crippen MR) is 95.8 cm³/mol. The van der Waals surface area contributed by atoms with Crippen LogP contribution in [0.15, 0.2) is 53.9 Å². The lowest BCUT2D eigenvalue weighted by Crippen LogP contribution is -1.96. The molecule has 0 radical (unpaired) electrons. The molecular weight excluding hydrogens is 326 g/mol. The number of hydrogen-bond donors (Lipinski definition) is 0. The highest BCUT2D eigenvalue weighted by molar-refractivity contribution is 7.16. The largest absolute Gasteiger partial charge is 0.250 e. The quantitative estimate of drug-likeness (QED) is 0.492. The van der Waals surface area contributed by atoms with Gasteiger partial charge in [-0.2, -0.15) is 0 Å². The second-order valence-electron chi connectivity index (χ2n) is 5.18. The molecule has 112 valence electrons. The van der Waals surface area contributed by atoms with E-state index in [-0.39, 0.29) is 0 Å². The summed E-state index contributed by atoms with van der Waals surface area (Å²) in [6, 6.07) is 15.6. The predicted octanol–water partition coefficient (Wildman–Crippen LogP) is 5.38. The van der Waals surface area contributed by atoms with Crippen LogP contribution in [-0.4, -0.2) is 15.0 Å². The number of halogens is 1. The molecule has 3 nitrogen and oxygen atoms in total. The summed E-state index contributed by atoms with van der Waals surface area (Å²) in [4.78, 5) is 14.9. The van der Waals surface area contributed by atoms with Crippen molar-refractivity contribution in [3.05, 3.63) is 64.6 Å². The van der Waals surface area contributed by atoms with Gasteiger partial charge in [-0.3, -0.25) is 0 Å². The molecule has 5 heteroatoms. The molecule has 3 aromatic heterocycles. The molecule has 3 heterocycles. The summed E-state index contributed by atoms with van der Waals surface area (Å²) in [7, 11) is 0. The zero-order valence-electron chi connectivity index (χ0n) is 12.3. The number of thiophene rings is 1. The van der Waals surface area contributed by atoms with Gasteiger partial charge in [0, 0.05) is 21.7 Å². The second kappa shape index (κ2) is 5.72. The number of aryl methyl sites for hydroxylation is 1. The number of pyridine rings is 1. The molecule has 0 aliphatic heterocycles. The number of nitrogens with zero attached hydrogens (tertiary/aromatic N) is 3. The Hall–Kier alpha value is -2.30. The molecule has 0 saturated carbocycles. The third-order valence-electron chi connectivity index (χ3n) is 3.57. The van der Waals surface area contributed by atoms with E-state index in [9.17, 15) is 0 Å². The molecule has 0 aliphatic rings. The van der Waals surface area contributed by atoms with E-state index in [0.717, 1.165) is 32.9 Å². The Kier molecular flexibility index (Phi) is 3.56. The van der Waals surface area contributed by atoms with E-state index in [1.54, 1.807) is 11.3 Å². The van der Waals surface area contributed by atoms with Gasteiger partial charge in [-0.25, -0.2) is 15.0 Å². The van der Waals surface area contributed by atoms with E-state index < -0.39 is 0 Å². The van der Waals surface area contributed by atoms with Crippen molar-refractivity contribution in [2.75, 3.05) is 0 Å². The van der Waals surface area contributed by atoms with Crippen LogP contribution in [0.2, 0.25) is 5.02 Å². The van der Waals surface area contributed by atoms with Crippen molar-refractivity contribution >= 4 is 33.2 Å². The van der Waals surface area contributed by atoms with Gasteiger partial charge in [0.15, 0.2) is 5.82 Å². The van der Waals surface area contributed by atoms with Crippen LogP contribution in [0.3, 0.4) is 0 Å². The third-order valence-corrected chi connectivity index (χ3v) is 4.71. The Labute approximate surface area is 142 Å². The Bertz CT molecular complexity index is 1010. The first-order valence-electron chi connectivity index (χ1n) is 7.16. The maximum atomic E-state index is 6.38. The zero-order chi connectivity index (χ0) is 15.8. The molecule has 4 aromatic rings. The highest BCUT2D eigenvalue weighted by Crippen LogP contribution is 2.34. The number of rotatable bonds is 2. The molecule has 0 unspecified atom stereocenters. The van der Waals surface area contributed by atoms with Crippen LogP contribution in [0.4, 0.5) is 0 Å². The maximum absolute atomic E-state index is 6.38. The van der Waals surface area contributed by atoms with Crippen LogP contribution in [0.5, 0.6) is 0 Å². The number of fused-ring (bicyclic) bond motifs is 1. The molecule has 0 N–H and O–H groups in total. The van der Waals surface area contributed by atoms with Gasteiger partial charge in [-0.15, -0.1) is 11.3 Å². The fourth-order valence-electron chi connectivity index (χ4n) is 2.50. The summed E-state index contributed by atoms with van der Waals surface area (Å²) in [6.07, 6.45) is 0.